The average molecular weight is 626 g/mol. The molecule has 0 radical (unpaired) electrons. The van der Waals surface area contributed by atoms with Crippen LogP contribution < -0.4 is 10.5 Å². The number of carboxylic acid groups (broad SMARTS) is 1. The van der Waals surface area contributed by atoms with Crippen LogP contribution in [0.4, 0.5) is 10.2 Å². The summed E-state index contributed by atoms with van der Waals surface area (Å²) in [4.78, 5) is 18.8. The molecule has 0 aliphatic carbocycles. The molecule has 0 unspecified atom stereocenters. The van der Waals surface area contributed by atoms with Crippen LogP contribution in [-0.4, -0.2) is 44.8 Å². The fourth-order valence-corrected chi connectivity index (χ4v) is 6.25. The number of nitrogens with two attached hydrogens (primary N) is 1. The number of aliphatic carboxylic acids is 1. The van der Waals surface area contributed by atoms with Crippen molar-refractivity contribution < 1.29 is 24.1 Å². The van der Waals surface area contributed by atoms with Gasteiger partial charge in [0.25, 0.3) is 0 Å². The molecule has 8 heteroatoms. The molecule has 46 heavy (non-hydrogen) atoms. The lowest BCUT2D eigenvalue weighted by Gasteiger charge is -2.30. The highest BCUT2D eigenvalue weighted by molar-refractivity contribution is 5.94. The lowest BCUT2D eigenvalue weighted by Crippen LogP contribution is -2.30. The molecular formula is C38H44FN3O4. The molecule has 0 saturated heterocycles. The summed E-state index contributed by atoms with van der Waals surface area (Å²) in [7, 11) is 0. The highest BCUT2D eigenvalue weighted by Gasteiger charge is 2.25. The van der Waals surface area contributed by atoms with E-state index in [-0.39, 0.29) is 12.2 Å². The predicted octanol–water partition coefficient (Wildman–Crippen LogP) is 7.04. The van der Waals surface area contributed by atoms with Gasteiger partial charge in [-0.2, -0.15) is 0 Å². The second-order valence-electron chi connectivity index (χ2n) is 13.3. The Balaban J connectivity index is 0.000000775. The molecule has 0 saturated carbocycles. The van der Waals surface area contributed by atoms with Gasteiger partial charge in [0.2, 0.25) is 0 Å². The molecule has 2 aliphatic rings. The van der Waals surface area contributed by atoms with Crippen LogP contribution in [0.3, 0.4) is 0 Å². The number of pyridine rings is 1. The summed E-state index contributed by atoms with van der Waals surface area (Å²) < 4.78 is 20.3. The van der Waals surface area contributed by atoms with E-state index in [0.29, 0.717) is 30.2 Å². The largest absolute Gasteiger partial charge is 0.493 e. The molecule has 6 rings (SSSR count). The minimum absolute atomic E-state index is 0.148. The van der Waals surface area contributed by atoms with E-state index in [1.54, 1.807) is 26.8 Å². The molecule has 3 heterocycles. The van der Waals surface area contributed by atoms with Gasteiger partial charge < -0.3 is 20.7 Å². The number of hydrogen-bond donors (Lipinski definition) is 3. The minimum atomic E-state index is -0.913. The molecule has 4 aromatic rings. The maximum atomic E-state index is 14.5. The summed E-state index contributed by atoms with van der Waals surface area (Å²) in [5.74, 6) is 0.188. The Kier molecular flexibility index (Phi) is 9.79. The Morgan fingerprint density at radius 3 is 2.39 bits per heavy atom. The Bertz CT molecular complexity index is 1740. The van der Waals surface area contributed by atoms with E-state index in [9.17, 15) is 14.3 Å². The third kappa shape index (κ3) is 7.74. The highest BCUT2D eigenvalue weighted by atomic mass is 19.1. The lowest BCUT2D eigenvalue weighted by atomic mass is 9.86. The van der Waals surface area contributed by atoms with Crippen molar-refractivity contribution in [3.05, 3.63) is 99.5 Å². The van der Waals surface area contributed by atoms with Crippen molar-refractivity contribution in [2.45, 2.75) is 79.0 Å². The van der Waals surface area contributed by atoms with Gasteiger partial charge in [0, 0.05) is 36.5 Å². The first-order valence-electron chi connectivity index (χ1n) is 15.9. The predicted molar refractivity (Wildman–Crippen MR) is 180 cm³/mol. The van der Waals surface area contributed by atoms with Gasteiger partial charge >= 0.3 is 5.97 Å². The summed E-state index contributed by atoms with van der Waals surface area (Å²) in [5.41, 5.74) is 16.1. The first kappa shape index (κ1) is 33.1. The summed E-state index contributed by atoms with van der Waals surface area (Å²) >= 11 is 0. The summed E-state index contributed by atoms with van der Waals surface area (Å²) in [6.45, 7) is 11.8. The number of nitrogens with zero attached hydrogens (tertiary/aromatic N) is 2. The lowest BCUT2D eigenvalue weighted by molar-refractivity contribution is -0.136. The summed E-state index contributed by atoms with van der Waals surface area (Å²) in [5, 5.41) is 18.3. The van der Waals surface area contributed by atoms with Gasteiger partial charge in [-0.1, -0.05) is 36.4 Å². The Hall–Kier alpha value is -4.27. The van der Waals surface area contributed by atoms with Crippen molar-refractivity contribution in [2.75, 3.05) is 18.9 Å². The smallest absolute Gasteiger partial charge is 0.307 e. The number of aliphatic hydroxyl groups is 1. The number of benzene rings is 3. The molecule has 1 aromatic heterocycles. The van der Waals surface area contributed by atoms with Gasteiger partial charge in [-0.15, -0.1) is 0 Å². The van der Waals surface area contributed by atoms with Gasteiger partial charge in [0.05, 0.1) is 18.6 Å². The van der Waals surface area contributed by atoms with Crippen molar-refractivity contribution in [3.63, 3.8) is 0 Å². The van der Waals surface area contributed by atoms with Crippen LogP contribution >= 0.6 is 0 Å². The molecule has 242 valence electrons. The normalized spacial score (nSPS) is 14.4. The maximum Gasteiger partial charge on any atom is 0.307 e. The van der Waals surface area contributed by atoms with E-state index in [1.807, 2.05) is 32.0 Å². The number of aryl methyl sites for hydroxylation is 3. The van der Waals surface area contributed by atoms with Crippen LogP contribution in [-0.2, 0) is 37.1 Å². The number of carbonyl (C=O) groups is 1. The number of fused-ring (bicyclic) bond motifs is 2. The molecule has 0 bridgehead atoms. The average Bonchev–Trinajstić information content (AvgIpc) is 2.99. The van der Waals surface area contributed by atoms with Crippen molar-refractivity contribution in [3.8, 4) is 28.0 Å². The standard InChI is InChI=1S/C34H34FN3O3.C4H10O/c1-20-5-3-7-29(35)28(20)19-38-13-12-22-15-25(8-9-26(22)18-38)33-32(27(17-31(39)40)21(2)37-34(33)36)24-10-11-30-23(16-24)6-4-14-41-30;1-4(2,3)5/h3,5,7-11,15-16H,4,6,12-14,17-19H2,1-2H3,(H2,36,37)(H,39,40);5H,1-3H3. The zero-order valence-electron chi connectivity index (χ0n) is 27.4. The highest BCUT2D eigenvalue weighted by Crippen LogP contribution is 2.42. The minimum Gasteiger partial charge on any atom is -0.493 e. The van der Waals surface area contributed by atoms with Gasteiger partial charge in [-0.3, -0.25) is 9.69 Å². The van der Waals surface area contributed by atoms with Gasteiger partial charge in [0.15, 0.2) is 0 Å². The van der Waals surface area contributed by atoms with Gasteiger partial charge in [0.1, 0.15) is 17.4 Å². The number of aromatic nitrogens is 1. The van der Waals surface area contributed by atoms with E-state index in [4.69, 9.17) is 15.6 Å². The topological polar surface area (TPSA) is 109 Å². The van der Waals surface area contributed by atoms with Crippen LogP contribution in [0.15, 0.2) is 54.6 Å². The zero-order valence-corrected chi connectivity index (χ0v) is 27.4. The molecule has 0 amide bonds. The van der Waals surface area contributed by atoms with Crippen LogP contribution in [0.2, 0.25) is 0 Å². The molecule has 2 aliphatic heterocycles. The molecule has 7 nitrogen and oxygen atoms in total. The van der Waals surface area contributed by atoms with Crippen LogP contribution in [0, 0.1) is 19.7 Å². The zero-order chi connectivity index (χ0) is 33.2. The monoisotopic (exact) mass is 625 g/mol. The third-order valence-electron chi connectivity index (χ3n) is 8.38. The second kappa shape index (κ2) is 13.6. The van der Waals surface area contributed by atoms with E-state index in [0.717, 1.165) is 77.0 Å². The van der Waals surface area contributed by atoms with E-state index < -0.39 is 11.6 Å². The summed E-state index contributed by atoms with van der Waals surface area (Å²) in [6.07, 6.45) is 2.53. The number of ether oxygens (including phenoxy) is 1. The maximum absolute atomic E-state index is 14.5. The van der Waals surface area contributed by atoms with Crippen molar-refractivity contribution in [1.29, 1.82) is 0 Å². The van der Waals surface area contributed by atoms with E-state index >= 15 is 0 Å². The first-order chi connectivity index (χ1) is 21.8. The van der Waals surface area contributed by atoms with Crippen LogP contribution in [0.25, 0.3) is 22.3 Å². The van der Waals surface area contributed by atoms with Gasteiger partial charge in [-0.25, -0.2) is 9.37 Å². The number of hydrogen-bond acceptors (Lipinski definition) is 6. The number of carboxylic acids is 1. The Morgan fingerprint density at radius 1 is 0.978 bits per heavy atom. The number of rotatable bonds is 6. The molecular weight excluding hydrogens is 581 g/mol. The Morgan fingerprint density at radius 2 is 1.67 bits per heavy atom. The Labute approximate surface area is 270 Å². The van der Waals surface area contributed by atoms with Crippen LogP contribution in [0.5, 0.6) is 5.75 Å². The molecule has 0 fully saturated rings. The second-order valence-corrected chi connectivity index (χ2v) is 13.3. The number of anilines is 1. The quantitative estimate of drug-likeness (QED) is 0.211. The fraction of sp³-hybridized carbons (Fsp3) is 0.368. The van der Waals surface area contributed by atoms with Crippen molar-refractivity contribution >= 4 is 11.8 Å². The molecule has 0 atom stereocenters. The first-order valence-corrected chi connectivity index (χ1v) is 15.9. The van der Waals surface area contributed by atoms with E-state index in [1.165, 1.54) is 17.2 Å². The molecule has 3 aromatic carbocycles. The molecule has 0 spiro atoms. The third-order valence-corrected chi connectivity index (χ3v) is 8.38. The van der Waals surface area contributed by atoms with Gasteiger partial charge in [-0.05, 0) is 117 Å². The van der Waals surface area contributed by atoms with Crippen molar-refractivity contribution in [2.24, 2.45) is 0 Å². The van der Waals surface area contributed by atoms with Crippen LogP contribution in [0.1, 0.15) is 66.3 Å². The summed E-state index contributed by atoms with van der Waals surface area (Å²) in [6, 6.07) is 17.6. The van der Waals surface area contributed by atoms with Crippen molar-refractivity contribution in [1.82, 2.24) is 9.88 Å². The number of nitrogen functional groups attached to an aromatic ring is 1. The molecule has 4 N–H and O–H groups in total. The SMILES string of the molecule is CC(C)(C)O.Cc1cccc(F)c1CN1CCc2cc(-c3c(N)nc(C)c(CC(=O)O)c3-c3ccc4c(c3)CCCO4)ccc2C1. The fourth-order valence-electron chi connectivity index (χ4n) is 6.25. The number of halogens is 1. The van der Waals surface area contributed by atoms with E-state index in [2.05, 4.69) is 34.1 Å².